The Labute approximate surface area is 536 Å². The fourth-order valence-corrected chi connectivity index (χ4v) is 13.6. The summed E-state index contributed by atoms with van der Waals surface area (Å²) in [5.74, 6) is -8.33. The summed E-state index contributed by atoms with van der Waals surface area (Å²) in [5.41, 5.74) is 40.3. The first-order valence-electron chi connectivity index (χ1n) is 31.2. The molecule has 7 rings (SSSR count). The Bertz CT molecular complexity index is 3050. The van der Waals surface area contributed by atoms with Crippen LogP contribution in [0.3, 0.4) is 0 Å². The van der Waals surface area contributed by atoms with E-state index in [-0.39, 0.29) is 127 Å². The highest BCUT2D eigenvalue weighted by Gasteiger charge is 2.52. The number of thiophene rings is 1. The third-order valence-electron chi connectivity index (χ3n) is 17.4. The minimum absolute atomic E-state index is 0.00000960. The number of amides is 9. The van der Waals surface area contributed by atoms with Crippen molar-refractivity contribution in [3.8, 4) is 0 Å². The molecule has 4 fully saturated rings. The molecule has 9 amide bonds. The second kappa shape index (κ2) is 33.6. The molecule has 0 bridgehead atoms. The first-order chi connectivity index (χ1) is 43.9. The van der Waals surface area contributed by atoms with Gasteiger partial charge in [0.15, 0.2) is 17.9 Å². The Balaban J connectivity index is 1.02. The number of β-amino-alcohol motifs (C(OH)–C–C–N with tert-alkyl or cyclic N) is 1. The number of fused-ring (bicyclic) bond motifs is 2. The molecule has 32 nitrogen and oxygen atoms in total. The number of nitrogens with two attached hydrogens (primary N) is 7. The van der Waals surface area contributed by atoms with Gasteiger partial charge in [-0.15, -0.1) is 11.3 Å². The number of aliphatic carboxylic acids is 1. The summed E-state index contributed by atoms with van der Waals surface area (Å²) in [6.07, 6.45) is 3.42. The molecule has 0 radical (unpaired) electrons. The summed E-state index contributed by atoms with van der Waals surface area (Å²) < 4.78 is 0. The van der Waals surface area contributed by atoms with Crippen molar-refractivity contribution in [2.45, 2.75) is 176 Å². The second-order valence-electron chi connectivity index (χ2n) is 23.9. The van der Waals surface area contributed by atoms with Crippen LogP contribution in [0.25, 0.3) is 0 Å². The molecule has 1 aliphatic carbocycles. The first kappa shape index (κ1) is 70.8. The molecule has 3 saturated heterocycles. The van der Waals surface area contributed by atoms with Gasteiger partial charge in [-0.25, -0.2) is 4.79 Å². The van der Waals surface area contributed by atoms with E-state index < -0.39 is 139 Å². The fourth-order valence-electron chi connectivity index (χ4n) is 12.9. The highest BCUT2D eigenvalue weighted by Crippen LogP contribution is 2.41. The minimum Gasteiger partial charge on any atom is -0.480 e. The van der Waals surface area contributed by atoms with Crippen molar-refractivity contribution in [2.24, 2.45) is 61.0 Å². The number of rotatable bonds is 30. The number of carboxylic acids is 1. The molecule has 92 heavy (non-hydrogen) atoms. The summed E-state index contributed by atoms with van der Waals surface area (Å²) >= 11 is 1.27. The van der Waals surface area contributed by atoms with Crippen molar-refractivity contribution in [1.29, 1.82) is 0 Å². The maximum Gasteiger partial charge on any atom is 0.326 e. The van der Waals surface area contributed by atoms with Gasteiger partial charge in [0, 0.05) is 69.4 Å². The minimum atomic E-state index is -1.66. The Kier molecular flexibility index (Phi) is 25.8. The predicted octanol–water partition coefficient (Wildman–Crippen LogP) is -5.02. The van der Waals surface area contributed by atoms with Crippen molar-refractivity contribution in [2.75, 3.05) is 45.9 Å². The van der Waals surface area contributed by atoms with Crippen molar-refractivity contribution in [3.05, 3.63) is 57.8 Å². The van der Waals surface area contributed by atoms with Gasteiger partial charge in [-0.2, -0.15) is 0 Å². The highest BCUT2D eigenvalue weighted by atomic mass is 32.1. The number of carboxylic acid groups (broad SMARTS) is 1. The van der Waals surface area contributed by atoms with Crippen molar-refractivity contribution < 1.29 is 63.3 Å². The molecular formula is C59H89N19O13S. The number of likely N-dealkylation sites (tertiary alicyclic amines) is 3. The summed E-state index contributed by atoms with van der Waals surface area (Å²) in [5, 5.41) is 46.8. The van der Waals surface area contributed by atoms with Crippen molar-refractivity contribution in [1.82, 2.24) is 46.2 Å². The SMILES string of the molecule is NC(N)=NCCC[C@@H](N)C(=O)N[C@@H](CCCN=C(N)N)C(=O)N1CCC[C@H]1C(=O)N1C[C@H](O)C[C@H]1C(=O)NCC(=O)N[C@@H](Cc1cccs1)C(=O)N[C@H](CO)C(=O)N1Cc2ccccc2C[C@@H]1C(=O)N1[C@H](C(=O)N[C@@H](CCCN=C(N)N)C(=O)O)C[C@@H]2CCCC[C@@H]21. The molecule has 504 valence electrons. The van der Waals surface area contributed by atoms with Crippen LogP contribution in [0.1, 0.15) is 106 Å². The van der Waals surface area contributed by atoms with E-state index in [0.29, 0.717) is 29.7 Å². The van der Waals surface area contributed by atoms with Gasteiger partial charge < -0.3 is 102 Å². The monoisotopic (exact) mass is 1300 g/mol. The summed E-state index contributed by atoms with van der Waals surface area (Å²) in [7, 11) is 0. The van der Waals surface area contributed by atoms with Crippen LogP contribution in [-0.2, 0) is 67.3 Å². The summed E-state index contributed by atoms with van der Waals surface area (Å²) in [4.78, 5) is 159. The molecule has 4 aliphatic heterocycles. The molecule has 0 unspecified atom stereocenters. The number of hydrogen-bond donors (Lipinski definition) is 15. The van der Waals surface area contributed by atoms with Crippen LogP contribution >= 0.6 is 11.3 Å². The second-order valence-corrected chi connectivity index (χ2v) is 25.0. The average Bonchev–Trinajstić information content (AvgIpc) is 1.48. The summed E-state index contributed by atoms with van der Waals surface area (Å²) in [6.45, 7) is -1.46. The standard InChI is InChI=1S/C59H89N19O13S/c60-37(14-5-19-67-57(61)62)48(82)72-38(15-6-20-68-58(63)64)52(86)75-22-8-18-43(75)54(88)77-30-35(80)26-44(77)50(84)70-28-47(81)71-40(27-36-13-9-23-92-36)49(83)74-41(31-79)53(87)76-29-34-12-2-1-10-32(34)24-46(76)55(89)78-42-17-4-3-11-33(42)25-45(78)51(85)73-39(56(90)91)16-7-21-69-59(65)66/h1-2,9-10,12-13,23,33,35,37-46,79-80H,3-8,11,14-22,24-31,60H2,(H,70,84)(H,71,81)(H,72,82)(H,73,85)(H,74,83)(H,90,91)(H4,61,62,67)(H4,63,64,68)(H4,65,66,69)/t33-,35+,37+,38-,39-,40-,41+,42-,43-,44-,45-,46+/m0/s1. The highest BCUT2D eigenvalue weighted by molar-refractivity contribution is 7.09. The van der Waals surface area contributed by atoms with E-state index in [1.165, 1.54) is 26.0 Å². The molecule has 0 spiro atoms. The average molecular weight is 1300 g/mol. The van der Waals surface area contributed by atoms with Crippen LogP contribution in [0.4, 0.5) is 0 Å². The lowest BCUT2D eigenvalue weighted by Gasteiger charge is -2.42. The first-order valence-corrected chi connectivity index (χ1v) is 32.1. The normalized spacial score (nSPS) is 22.4. The third-order valence-corrected chi connectivity index (χ3v) is 18.3. The van der Waals surface area contributed by atoms with Gasteiger partial charge in [-0.1, -0.05) is 43.2 Å². The predicted molar refractivity (Wildman–Crippen MR) is 338 cm³/mol. The number of aliphatic hydroxyl groups excluding tert-OH is 2. The van der Waals surface area contributed by atoms with Crippen LogP contribution < -0.4 is 66.7 Å². The Morgan fingerprint density at radius 2 is 1.25 bits per heavy atom. The molecule has 12 atom stereocenters. The van der Waals surface area contributed by atoms with Crippen LogP contribution in [0, 0.1) is 5.92 Å². The van der Waals surface area contributed by atoms with Gasteiger partial charge >= 0.3 is 5.97 Å². The van der Waals surface area contributed by atoms with E-state index in [4.69, 9.17) is 40.1 Å². The third kappa shape index (κ3) is 19.0. The van der Waals surface area contributed by atoms with Gasteiger partial charge in [-0.3, -0.25) is 58.1 Å². The number of hydrogen-bond acceptors (Lipinski definition) is 17. The molecule has 5 aliphatic rings. The number of nitrogens with zero attached hydrogens (tertiary/aromatic N) is 7. The quantitative estimate of drug-likeness (QED) is 0.0198. The number of carbonyl (C=O) groups is 10. The lowest BCUT2D eigenvalue weighted by atomic mass is 9.84. The lowest BCUT2D eigenvalue weighted by Crippen LogP contribution is -2.63. The smallest absolute Gasteiger partial charge is 0.326 e. The van der Waals surface area contributed by atoms with E-state index in [1.54, 1.807) is 35.7 Å². The maximum absolute atomic E-state index is 15.3. The molecule has 22 N–H and O–H groups in total. The van der Waals surface area contributed by atoms with Crippen LogP contribution in [0.5, 0.6) is 0 Å². The zero-order valence-electron chi connectivity index (χ0n) is 51.4. The number of benzene rings is 1. The molecular weight excluding hydrogens is 1210 g/mol. The van der Waals surface area contributed by atoms with E-state index in [0.717, 1.165) is 29.7 Å². The van der Waals surface area contributed by atoms with Crippen molar-refractivity contribution >= 4 is 88.3 Å². The van der Waals surface area contributed by atoms with Gasteiger partial charge in [0.2, 0.25) is 53.2 Å². The zero-order chi connectivity index (χ0) is 66.8. The molecule has 2 aromatic rings. The van der Waals surface area contributed by atoms with Crippen molar-refractivity contribution in [3.63, 3.8) is 0 Å². The van der Waals surface area contributed by atoms with E-state index in [1.807, 2.05) is 6.07 Å². The van der Waals surface area contributed by atoms with Gasteiger partial charge in [0.05, 0.1) is 25.3 Å². The number of aliphatic hydroxyl groups is 2. The topological polar surface area (TPSA) is 524 Å². The number of guanidine groups is 3. The van der Waals surface area contributed by atoms with E-state index >= 15 is 4.79 Å². The maximum atomic E-state index is 15.3. The number of aliphatic imine (C=N–C) groups is 3. The molecule has 1 aromatic carbocycles. The Hall–Kier alpha value is -8.69. The fraction of sp³-hybridized carbons (Fsp3) is 0.610. The molecule has 1 saturated carbocycles. The molecule has 33 heteroatoms. The summed E-state index contributed by atoms with van der Waals surface area (Å²) in [6, 6.07) is -1.07. The van der Waals surface area contributed by atoms with E-state index in [2.05, 4.69) is 41.6 Å². The molecule has 1 aromatic heterocycles. The largest absolute Gasteiger partial charge is 0.480 e. The van der Waals surface area contributed by atoms with Crippen LogP contribution in [-0.4, -0.2) is 224 Å². The van der Waals surface area contributed by atoms with Gasteiger partial charge in [0.25, 0.3) is 0 Å². The number of nitrogens with one attached hydrogen (secondary N) is 5. The van der Waals surface area contributed by atoms with Crippen LogP contribution in [0.15, 0.2) is 56.8 Å². The van der Waals surface area contributed by atoms with E-state index in [9.17, 15) is 58.5 Å². The zero-order valence-corrected chi connectivity index (χ0v) is 52.3. The number of carbonyl (C=O) groups excluding carboxylic acids is 9. The van der Waals surface area contributed by atoms with Gasteiger partial charge in [-0.05, 0) is 99.1 Å². The molecule has 5 heterocycles. The lowest BCUT2D eigenvalue weighted by molar-refractivity contribution is -0.153. The van der Waals surface area contributed by atoms with Crippen LogP contribution in [0.2, 0.25) is 0 Å². The Morgan fingerprint density at radius 3 is 1.89 bits per heavy atom. The Morgan fingerprint density at radius 1 is 0.620 bits per heavy atom. The van der Waals surface area contributed by atoms with Gasteiger partial charge in [0.1, 0.15) is 48.3 Å².